The molecule has 2 aliphatic rings. The Bertz CT molecular complexity index is 384. The molecule has 0 aromatic heterocycles. The minimum absolute atomic E-state index is 0.250. The van der Waals surface area contributed by atoms with Crippen molar-refractivity contribution in [2.45, 2.75) is 44.6 Å². The van der Waals surface area contributed by atoms with Gasteiger partial charge in [-0.05, 0) is 12.8 Å². The van der Waals surface area contributed by atoms with Crippen molar-refractivity contribution in [3.05, 3.63) is 0 Å². The summed E-state index contributed by atoms with van der Waals surface area (Å²) < 4.78 is 27.3. The van der Waals surface area contributed by atoms with Crippen molar-refractivity contribution in [1.82, 2.24) is 0 Å². The average Bonchev–Trinajstić information content (AvgIpc) is 2.41. The number of carbonyl (C=O) groups is 1. The summed E-state index contributed by atoms with van der Waals surface area (Å²) in [5.74, 6) is -0.535. The molecule has 6 heteroatoms. The molecule has 1 saturated carbocycles. The number of esters is 1. The molecule has 1 saturated heterocycles. The van der Waals surface area contributed by atoms with E-state index in [1.165, 1.54) is 0 Å². The van der Waals surface area contributed by atoms with Crippen LogP contribution in [0.15, 0.2) is 0 Å². The Morgan fingerprint density at radius 2 is 1.94 bits per heavy atom. The fourth-order valence-electron chi connectivity index (χ4n) is 2.87. The Balaban J connectivity index is 2.18. The Labute approximate surface area is 99.7 Å². The number of carbonyl (C=O) groups excluding carboxylic acids is 1. The largest absolute Gasteiger partial charge is 0.461 e. The minimum atomic E-state index is -3.61. The Morgan fingerprint density at radius 1 is 1.31 bits per heavy atom. The predicted molar refractivity (Wildman–Crippen MR) is 59.7 cm³/mol. The van der Waals surface area contributed by atoms with E-state index in [-0.39, 0.29) is 17.1 Å². The zero-order valence-corrected chi connectivity index (χ0v) is 10.5. The van der Waals surface area contributed by atoms with Gasteiger partial charge in [-0.3, -0.25) is 4.79 Å². The monoisotopic (exact) mass is 266 g/mol. The Kier molecular flexibility index (Phi) is 3.18. The van der Waals surface area contributed by atoms with Gasteiger partial charge < -0.3 is 4.74 Å². The van der Waals surface area contributed by atoms with Gasteiger partial charge in [-0.25, -0.2) is 8.42 Å². The fraction of sp³-hybridized carbons (Fsp3) is 0.900. The molecule has 0 N–H and O–H groups in total. The summed E-state index contributed by atoms with van der Waals surface area (Å²) in [6.07, 6.45) is 4.78. The van der Waals surface area contributed by atoms with Gasteiger partial charge in [0.1, 0.15) is 11.9 Å². The lowest BCUT2D eigenvalue weighted by molar-refractivity contribution is -0.141. The summed E-state index contributed by atoms with van der Waals surface area (Å²) in [5, 5.41) is 0. The number of hydrogen-bond donors (Lipinski definition) is 0. The van der Waals surface area contributed by atoms with E-state index in [2.05, 4.69) is 0 Å². The number of hydrogen-bond acceptors (Lipinski definition) is 4. The van der Waals surface area contributed by atoms with E-state index in [9.17, 15) is 13.2 Å². The van der Waals surface area contributed by atoms with E-state index >= 15 is 0 Å². The topological polar surface area (TPSA) is 60.4 Å². The summed E-state index contributed by atoms with van der Waals surface area (Å²) >= 11 is 0. The molecule has 4 nitrogen and oxygen atoms in total. The Morgan fingerprint density at radius 3 is 2.50 bits per heavy atom. The molecule has 0 aromatic rings. The lowest BCUT2D eigenvalue weighted by Gasteiger charge is -2.35. The first-order valence-electron chi connectivity index (χ1n) is 5.53. The average molecular weight is 267 g/mol. The van der Waals surface area contributed by atoms with Crippen LogP contribution in [0.25, 0.3) is 0 Å². The lowest BCUT2D eigenvalue weighted by atomic mass is 9.70. The summed E-state index contributed by atoms with van der Waals surface area (Å²) in [5.41, 5.74) is -0.267. The molecule has 2 rings (SSSR count). The van der Waals surface area contributed by atoms with Crippen molar-refractivity contribution in [2.24, 2.45) is 5.41 Å². The van der Waals surface area contributed by atoms with Gasteiger partial charge in [0.2, 0.25) is 9.05 Å². The second kappa shape index (κ2) is 4.18. The van der Waals surface area contributed by atoms with Crippen molar-refractivity contribution in [1.29, 1.82) is 0 Å². The van der Waals surface area contributed by atoms with Gasteiger partial charge in [0.15, 0.2) is 0 Å². The predicted octanol–water partition coefficient (Wildman–Crippen LogP) is 1.82. The first-order valence-corrected chi connectivity index (χ1v) is 8.01. The van der Waals surface area contributed by atoms with E-state index < -0.39 is 15.2 Å². The maximum atomic E-state index is 11.4. The van der Waals surface area contributed by atoms with Gasteiger partial charge >= 0.3 is 5.97 Å². The van der Waals surface area contributed by atoms with E-state index in [0.717, 1.165) is 32.1 Å². The van der Waals surface area contributed by atoms with Crippen molar-refractivity contribution < 1.29 is 17.9 Å². The highest BCUT2D eigenvalue weighted by molar-refractivity contribution is 8.13. The summed E-state index contributed by atoms with van der Waals surface area (Å²) in [6.45, 7) is 0. The molecule has 0 amide bonds. The fourth-order valence-corrected chi connectivity index (χ4v) is 4.00. The quantitative estimate of drug-likeness (QED) is 0.565. The minimum Gasteiger partial charge on any atom is -0.461 e. The van der Waals surface area contributed by atoms with Crippen molar-refractivity contribution in [3.8, 4) is 0 Å². The van der Waals surface area contributed by atoms with Gasteiger partial charge in [-0.15, -0.1) is 0 Å². The van der Waals surface area contributed by atoms with Gasteiger partial charge in [0.25, 0.3) is 0 Å². The number of rotatable bonds is 2. The van der Waals surface area contributed by atoms with Gasteiger partial charge in [-0.1, -0.05) is 19.3 Å². The van der Waals surface area contributed by atoms with Crippen LogP contribution in [0, 0.1) is 5.41 Å². The van der Waals surface area contributed by atoms with Gasteiger partial charge in [0.05, 0.1) is 6.42 Å². The molecular formula is C10H15ClO4S. The normalized spacial score (nSPS) is 29.3. The zero-order valence-electron chi connectivity index (χ0n) is 8.95. The van der Waals surface area contributed by atoms with Crippen molar-refractivity contribution in [3.63, 3.8) is 0 Å². The smallest absolute Gasteiger partial charge is 0.306 e. The van der Waals surface area contributed by atoms with Crippen LogP contribution in [0.3, 0.4) is 0 Å². The third-order valence-corrected chi connectivity index (χ3v) is 4.73. The highest BCUT2D eigenvalue weighted by Crippen LogP contribution is 2.48. The van der Waals surface area contributed by atoms with Crippen LogP contribution in [-0.2, 0) is 18.6 Å². The third kappa shape index (κ3) is 2.51. The van der Waals surface area contributed by atoms with E-state index in [1.54, 1.807) is 0 Å². The molecule has 0 bridgehead atoms. The number of ether oxygens (including phenoxy) is 1. The second-order valence-electron chi connectivity index (χ2n) is 4.78. The van der Waals surface area contributed by atoms with Crippen molar-refractivity contribution >= 4 is 25.7 Å². The summed E-state index contributed by atoms with van der Waals surface area (Å²) in [7, 11) is 1.63. The second-order valence-corrected chi connectivity index (χ2v) is 7.61. The van der Waals surface area contributed by atoms with E-state index in [4.69, 9.17) is 15.4 Å². The standard InChI is InChI=1S/C10H15ClO4S/c11-16(13,14)7-8-10(6-9(12)15-8)4-2-1-3-5-10/h8H,1-7H2. The molecule has 2 fully saturated rings. The van der Waals surface area contributed by atoms with Crippen molar-refractivity contribution in [2.75, 3.05) is 5.75 Å². The van der Waals surface area contributed by atoms with Gasteiger partial charge in [0, 0.05) is 16.1 Å². The maximum Gasteiger partial charge on any atom is 0.306 e. The molecule has 1 unspecified atom stereocenters. The number of cyclic esters (lactones) is 1. The summed E-state index contributed by atoms with van der Waals surface area (Å²) in [6, 6.07) is 0. The summed E-state index contributed by atoms with van der Waals surface area (Å²) in [4.78, 5) is 11.4. The molecule has 1 aliphatic heterocycles. The van der Waals surface area contributed by atoms with Gasteiger partial charge in [-0.2, -0.15) is 0 Å². The molecule has 1 heterocycles. The molecule has 0 radical (unpaired) electrons. The molecule has 1 aliphatic carbocycles. The highest BCUT2D eigenvalue weighted by atomic mass is 35.7. The van der Waals surface area contributed by atoms with Crippen LogP contribution in [0.5, 0.6) is 0 Å². The Hall–Kier alpha value is -0.290. The lowest BCUT2D eigenvalue weighted by Crippen LogP contribution is -2.37. The zero-order chi connectivity index (χ0) is 11.8. The maximum absolute atomic E-state index is 11.4. The van der Waals surface area contributed by atoms with E-state index in [1.807, 2.05) is 0 Å². The van der Waals surface area contributed by atoms with Crippen LogP contribution < -0.4 is 0 Å². The molecule has 16 heavy (non-hydrogen) atoms. The number of halogens is 1. The van der Waals surface area contributed by atoms with Crippen LogP contribution in [0.4, 0.5) is 0 Å². The third-order valence-electron chi connectivity index (χ3n) is 3.65. The van der Waals surface area contributed by atoms with Crippen LogP contribution >= 0.6 is 10.7 Å². The van der Waals surface area contributed by atoms with Crippen LogP contribution in [-0.4, -0.2) is 26.2 Å². The molecule has 1 spiro atoms. The molecular weight excluding hydrogens is 252 g/mol. The molecule has 92 valence electrons. The SMILES string of the molecule is O=C1CC2(CCCCC2)C(CS(=O)(=O)Cl)O1. The molecule has 1 atom stereocenters. The molecule has 0 aromatic carbocycles. The highest BCUT2D eigenvalue weighted by Gasteiger charge is 2.50. The first-order chi connectivity index (χ1) is 7.41. The van der Waals surface area contributed by atoms with Crippen LogP contribution in [0.1, 0.15) is 38.5 Å². The first kappa shape index (κ1) is 12.2. The van der Waals surface area contributed by atoms with Crippen LogP contribution in [0.2, 0.25) is 0 Å². The van der Waals surface area contributed by atoms with E-state index in [0.29, 0.717) is 6.42 Å².